The van der Waals surface area contributed by atoms with Crippen LogP contribution < -0.4 is 0 Å². The Labute approximate surface area is 187 Å². The first-order valence-electron chi connectivity index (χ1n) is 9.96. The van der Waals surface area contributed by atoms with E-state index in [0.717, 1.165) is 9.87 Å². The number of benzene rings is 2. The lowest BCUT2D eigenvalue weighted by Crippen LogP contribution is -2.32. The Hall–Kier alpha value is -3.01. The number of hydrogen-bond acceptors (Lipinski definition) is 6. The monoisotopic (exact) mass is 458 g/mol. The second-order valence-electron chi connectivity index (χ2n) is 7.71. The molecule has 2 aromatic carbocycles. The summed E-state index contributed by atoms with van der Waals surface area (Å²) < 4.78 is 30.8. The number of carbonyl (C=O) groups excluding carboxylic acids is 2. The van der Waals surface area contributed by atoms with Crippen molar-refractivity contribution in [2.45, 2.75) is 17.9 Å². The largest absolute Gasteiger partial charge is 0.507 e. The molecule has 2 aromatic rings. The molecule has 0 saturated carbocycles. The molecule has 0 unspecified atom stereocenters. The molecule has 170 valence electrons. The fourth-order valence-corrected chi connectivity index (χ4v) is 4.45. The van der Waals surface area contributed by atoms with Gasteiger partial charge in [0.25, 0.3) is 11.7 Å². The molecular formula is C23H26N2O6S. The van der Waals surface area contributed by atoms with Gasteiger partial charge in [-0.2, -0.15) is 0 Å². The average Bonchev–Trinajstić information content (AvgIpc) is 3.02. The van der Waals surface area contributed by atoms with Crippen molar-refractivity contribution in [1.82, 2.24) is 9.21 Å². The smallest absolute Gasteiger partial charge is 0.295 e. The average molecular weight is 459 g/mol. The molecule has 3 rings (SSSR count). The van der Waals surface area contributed by atoms with Gasteiger partial charge in [-0.3, -0.25) is 9.59 Å². The van der Waals surface area contributed by atoms with E-state index in [1.54, 1.807) is 0 Å². The van der Waals surface area contributed by atoms with E-state index in [1.165, 1.54) is 50.4 Å². The van der Waals surface area contributed by atoms with Crippen LogP contribution >= 0.6 is 0 Å². The van der Waals surface area contributed by atoms with Gasteiger partial charge in [-0.05, 0) is 36.8 Å². The highest BCUT2D eigenvalue weighted by Gasteiger charge is 2.45. The minimum Gasteiger partial charge on any atom is -0.507 e. The van der Waals surface area contributed by atoms with Crippen molar-refractivity contribution in [2.24, 2.45) is 0 Å². The Kier molecular flexibility index (Phi) is 6.82. The molecule has 0 spiro atoms. The van der Waals surface area contributed by atoms with E-state index in [-0.39, 0.29) is 34.9 Å². The van der Waals surface area contributed by atoms with Crippen molar-refractivity contribution < 1.29 is 27.9 Å². The van der Waals surface area contributed by atoms with Crippen LogP contribution in [0.1, 0.15) is 22.7 Å². The maximum Gasteiger partial charge on any atom is 0.295 e. The maximum atomic E-state index is 12.9. The van der Waals surface area contributed by atoms with Crippen molar-refractivity contribution in [3.63, 3.8) is 0 Å². The number of Topliss-reactive ketones (excluding diaryl/α,β-unsaturated/α-hetero) is 1. The molecule has 1 aliphatic rings. The zero-order chi connectivity index (χ0) is 23.6. The summed E-state index contributed by atoms with van der Waals surface area (Å²) >= 11 is 0. The summed E-state index contributed by atoms with van der Waals surface area (Å²) in [5.41, 5.74) is 1.89. The summed E-state index contributed by atoms with van der Waals surface area (Å²) in [6.07, 6.45) is 0. The van der Waals surface area contributed by atoms with Gasteiger partial charge in [-0.15, -0.1) is 0 Å². The molecule has 32 heavy (non-hydrogen) atoms. The number of ether oxygens (including phenoxy) is 1. The molecule has 0 bridgehead atoms. The van der Waals surface area contributed by atoms with Crippen molar-refractivity contribution in [3.05, 3.63) is 70.8 Å². The number of carbonyl (C=O) groups is 2. The third-order valence-corrected chi connectivity index (χ3v) is 7.21. The van der Waals surface area contributed by atoms with Crippen LogP contribution in [0.2, 0.25) is 0 Å². The number of hydrogen-bond donors (Lipinski definition) is 1. The van der Waals surface area contributed by atoms with Crippen LogP contribution in [0.15, 0.2) is 59.0 Å². The molecule has 1 amide bonds. The van der Waals surface area contributed by atoms with Gasteiger partial charge in [-0.1, -0.05) is 29.8 Å². The van der Waals surface area contributed by atoms with Crippen LogP contribution in [0.3, 0.4) is 0 Å². The molecule has 1 saturated heterocycles. The number of likely N-dealkylation sites (tertiary alicyclic amines) is 1. The highest BCUT2D eigenvalue weighted by molar-refractivity contribution is 7.89. The van der Waals surface area contributed by atoms with E-state index in [2.05, 4.69) is 0 Å². The summed E-state index contributed by atoms with van der Waals surface area (Å²) in [6, 6.07) is 12.1. The molecule has 8 nitrogen and oxygen atoms in total. The lowest BCUT2D eigenvalue weighted by atomic mass is 9.95. The number of aliphatic hydroxyl groups is 1. The number of ketones is 1. The van der Waals surface area contributed by atoms with Gasteiger partial charge in [0.1, 0.15) is 5.76 Å². The molecule has 1 atom stereocenters. The lowest BCUT2D eigenvalue weighted by Gasteiger charge is -2.25. The fourth-order valence-electron chi connectivity index (χ4n) is 3.55. The topological polar surface area (TPSA) is 104 Å². The summed E-state index contributed by atoms with van der Waals surface area (Å²) in [5.74, 6) is -1.88. The highest BCUT2D eigenvalue weighted by atomic mass is 32.2. The molecule has 9 heteroatoms. The Bertz CT molecular complexity index is 1150. The first-order chi connectivity index (χ1) is 15.1. The molecule has 1 fully saturated rings. The zero-order valence-corrected chi connectivity index (χ0v) is 19.2. The number of methoxy groups -OCH3 is 1. The van der Waals surface area contributed by atoms with Gasteiger partial charge in [0.2, 0.25) is 10.0 Å². The minimum atomic E-state index is -3.64. The van der Waals surface area contributed by atoms with Gasteiger partial charge >= 0.3 is 0 Å². The van der Waals surface area contributed by atoms with Crippen molar-refractivity contribution in [3.8, 4) is 0 Å². The van der Waals surface area contributed by atoms with Crippen LogP contribution in [0.5, 0.6) is 0 Å². The van der Waals surface area contributed by atoms with Crippen molar-refractivity contribution in [1.29, 1.82) is 0 Å². The minimum absolute atomic E-state index is 0.0434. The first-order valence-corrected chi connectivity index (χ1v) is 11.4. The standard InChI is InChI=1S/C23H26N2O6S/c1-15-5-7-16(8-6-15)20-19(22(27)23(28)25(20)13-14-31-4)21(26)17-9-11-18(12-10-17)32(29,30)24(2)3/h5-12,20,26H,13-14H2,1-4H3/b21-19+/t20-/m0/s1. The summed E-state index contributed by atoms with van der Waals surface area (Å²) in [7, 11) is 0.704. The van der Waals surface area contributed by atoms with E-state index >= 15 is 0 Å². The number of rotatable bonds is 7. The highest BCUT2D eigenvalue weighted by Crippen LogP contribution is 2.39. The maximum absolute atomic E-state index is 12.9. The SMILES string of the molecule is COCCN1C(=O)C(=O)/C(=C(/O)c2ccc(S(=O)(=O)N(C)C)cc2)[C@@H]1c1ccc(C)cc1. The predicted molar refractivity (Wildman–Crippen MR) is 119 cm³/mol. The van der Waals surface area contributed by atoms with Gasteiger partial charge in [0, 0.05) is 33.3 Å². The molecule has 1 aliphatic heterocycles. The first kappa shape index (κ1) is 23.6. The normalized spacial score (nSPS) is 18.5. The van der Waals surface area contributed by atoms with E-state index in [1.807, 2.05) is 31.2 Å². The van der Waals surface area contributed by atoms with E-state index in [0.29, 0.717) is 5.56 Å². The van der Waals surface area contributed by atoms with E-state index in [4.69, 9.17) is 4.74 Å². The number of nitrogens with zero attached hydrogens (tertiary/aromatic N) is 2. The number of amides is 1. The third-order valence-electron chi connectivity index (χ3n) is 5.38. The second kappa shape index (κ2) is 9.23. The Morgan fingerprint density at radius 3 is 2.19 bits per heavy atom. The number of sulfonamides is 1. The second-order valence-corrected chi connectivity index (χ2v) is 9.86. The molecule has 0 aliphatic carbocycles. The van der Waals surface area contributed by atoms with E-state index < -0.39 is 27.8 Å². The number of aliphatic hydroxyl groups excluding tert-OH is 1. The zero-order valence-electron chi connectivity index (χ0n) is 18.4. The third kappa shape index (κ3) is 4.32. The van der Waals surface area contributed by atoms with Crippen molar-refractivity contribution >= 4 is 27.5 Å². The fraction of sp³-hybridized carbons (Fsp3) is 0.304. The quantitative estimate of drug-likeness (QED) is 0.388. The predicted octanol–water partition coefficient (Wildman–Crippen LogP) is 2.31. The van der Waals surface area contributed by atoms with E-state index in [9.17, 15) is 23.1 Å². The summed E-state index contributed by atoms with van der Waals surface area (Å²) in [4.78, 5) is 27.1. The Morgan fingerprint density at radius 2 is 1.66 bits per heavy atom. The summed E-state index contributed by atoms with van der Waals surface area (Å²) in [6.45, 7) is 2.33. The van der Waals surface area contributed by atoms with Gasteiger partial charge in [0.05, 0.1) is 23.1 Å². The van der Waals surface area contributed by atoms with Crippen LogP contribution in [-0.2, 0) is 24.3 Å². The van der Waals surface area contributed by atoms with Gasteiger partial charge < -0.3 is 14.7 Å². The lowest BCUT2D eigenvalue weighted by molar-refractivity contribution is -0.140. The number of aryl methyl sites for hydroxylation is 1. The Morgan fingerprint density at radius 1 is 1.06 bits per heavy atom. The van der Waals surface area contributed by atoms with Crippen molar-refractivity contribution in [2.75, 3.05) is 34.4 Å². The van der Waals surface area contributed by atoms with Crippen LogP contribution in [-0.4, -0.2) is 68.8 Å². The van der Waals surface area contributed by atoms with Gasteiger partial charge in [0.15, 0.2) is 0 Å². The molecule has 0 radical (unpaired) electrons. The molecule has 1 heterocycles. The molecule has 1 N–H and O–H groups in total. The molecule has 0 aromatic heterocycles. The van der Waals surface area contributed by atoms with Gasteiger partial charge in [-0.25, -0.2) is 12.7 Å². The van der Waals surface area contributed by atoms with Crippen LogP contribution in [0.4, 0.5) is 0 Å². The van der Waals surface area contributed by atoms with Crippen LogP contribution in [0, 0.1) is 6.92 Å². The molecular weight excluding hydrogens is 432 g/mol. The van der Waals surface area contributed by atoms with Crippen LogP contribution in [0.25, 0.3) is 5.76 Å². The summed E-state index contributed by atoms with van der Waals surface area (Å²) in [5, 5.41) is 11.0. The Balaban J connectivity index is 2.11.